The molecule has 1 heterocycles. The van der Waals surface area contributed by atoms with Crippen LogP contribution in [0.15, 0.2) is 42.5 Å². The van der Waals surface area contributed by atoms with Crippen LogP contribution in [-0.2, 0) is 0 Å². The molecule has 21 heavy (non-hydrogen) atoms. The summed E-state index contributed by atoms with van der Waals surface area (Å²) in [7, 11) is 0. The lowest BCUT2D eigenvalue weighted by molar-refractivity contribution is 0.0788. The van der Waals surface area contributed by atoms with E-state index in [0.717, 1.165) is 12.8 Å². The van der Waals surface area contributed by atoms with Crippen LogP contribution in [0.4, 0.5) is 8.78 Å². The van der Waals surface area contributed by atoms with Crippen LogP contribution in [0.5, 0.6) is 0 Å². The van der Waals surface area contributed by atoms with Crippen molar-refractivity contribution in [2.45, 2.75) is 12.8 Å². The van der Waals surface area contributed by atoms with E-state index >= 15 is 0 Å². The lowest BCUT2D eigenvalue weighted by Crippen LogP contribution is -2.28. The molecule has 2 aromatic carbocycles. The normalized spacial score (nSPS) is 14.5. The van der Waals surface area contributed by atoms with Crippen molar-refractivity contribution in [3.8, 4) is 11.1 Å². The van der Waals surface area contributed by atoms with Gasteiger partial charge in [0.2, 0.25) is 0 Å². The molecule has 2 nitrogen and oxygen atoms in total. The molecule has 0 spiro atoms. The first-order chi connectivity index (χ1) is 10.1. The minimum Gasteiger partial charge on any atom is -0.339 e. The van der Waals surface area contributed by atoms with Crippen molar-refractivity contribution in [1.29, 1.82) is 0 Å². The van der Waals surface area contributed by atoms with E-state index in [4.69, 9.17) is 0 Å². The molecule has 0 atom stereocenters. The Morgan fingerprint density at radius 1 is 0.952 bits per heavy atom. The number of hydrogen-bond acceptors (Lipinski definition) is 1. The Bertz CT molecular complexity index is 678. The number of carbonyl (C=O) groups is 1. The third-order valence-corrected chi connectivity index (χ3v) is 3.75. The molecule has 1 amide bonds. The van der Waals surface area contributed by atoms with Crippen molar-refractivity contribution in [3.05, 3.63) is 59.7 Å². The Morgan fingerprint density at radius 2 is 1.67 bits per heavy atom. The number of nitrogens with zero attached hydrogens (tertiary/aromatic N) is 1. The summed E-state index contributed by atoms with van der Waals surface area (Å²) in [5.41, 5.74) is 1.23. The van der Waals surface area contributed by atoms with E-state index in [2.05, 4.69) is 0 Å². The smallest absolute Gasteiger partial charge is 0.256 e. The molecule has 0 aromatic heterocycles. The number of carbonyl (C=O) groups excluding carboxylic acids is 1. The lowest BCUT2D eigenvalue weighted by atomic mass is 10.0. The minimum absolute atomic E-state index is 0.0806. The predicted octanol–water partition coefficient (Wildman–Crippen LogP) is 3.87. The Morgan fingerprint density at radius 3 is 2.33 bits per heavy atom. The predicted molar refractivity (Wildman–Crippen MR) is 76.9 cm³/mol. The zero-order chi connectivity index (χ0) is 14.8. The maximum absolute atomic E-state index is 14.2. The second kappa shape index (κ2) is 5.64. The highest BCUT2D eigenvalue weighted by molar-refractivity contribution is 5.95. The van der Waals surface area contributed by atoms with Gasteiger partial charge in [0, 0.05) is 13.1 Å². The van der Waals surface area contributed by atoms with E-state index < -0.39 is 5.82 Å². The fourth-order valence-corrected chi connectivity index (χ4v) is 2.63. The average Bonchev–Trinajstić information content (AvgIpc) is 3.00. The summed E-state index contributed by atoms with van der Waals surface area (Å²) >= 11 is 0. The molecule has 0 radical (unpaired) electrons. The highest BCUT2D eigenvalue weighted by atomic mass is 19.1. The van der Waals surface area contributed by atoms with Gasteiger partial charge in [0.05, 0.1) is 5.56 Å². The lowest BCUT2D eigenvalue weighted by Gasteiger charge is -2.16. The number of benzene rings is 2. The molecular formula is C17H15F2NO. The molecule has 0 N–H and O–H groups in total. The van der Waals surface area contributed by atoms with Crippen LogP contribution in [0.1, 0.15) is 23.2 Å². The highest BCUT2D eigenvalue weighted by Crippen LogP contribution is 2.24. The van der Waals surface area contributed by atoms with Gasteiger partial charge in [-0.05, 0) is 48.2 Å². The van der Waals surface area contributed by atoms with Crippen LogP contribution in [0.3, 0.4) is 0 Å². The minimum atomic E-state index is -0.561. The summed E-state index contributed by atoms with van der Waals surface area (Å²) in [6.45, 7) is 1.37. The van der Waals surface area contributed by atoms with E-state index in [0.29, 0.717) is 24.2 Å². The van der Waals surface area contributed by atoms with Gasteiger partial charge < -0.3 is 4.90 Å². The molecule has 3 rings (SSSR count). The quantitative estimate of drug-likeness (QED) is 0.821. The van der Waals surface area contributed by atoms with Crippen molar-refractivity contribution in [2.24, 2.45) is 0 Å². The van der Waals surface area contributed by atoms with Gasteiger partial charge in [-0.15, -0.1) is 0 Å². The number of hydrogen-bond donors (Lipinski definition) is 0. The monoisotopic (exact) mass is 287 g/mol. The SMILES string of the molecule is O=C(c1ccc(-c2cccc(F)c2)cc1F)N1CCCC1. The molecule has 2 aromatic rings. The average molecular weight is 287 g/mol. The first-order valence-electron chi connectivity index (χ1n) is 7.00. The largest absolute Gasteiger partial charge is 0.339 e. The zero-order valence-corrected chi connectivity index (χ0v) is 11.5. The van der Waals surface area contributed by atoms with Gasteiger partial charge in [-0.3, -0.25) is 4.79 Å². The molecule has 0 bridgehead atoms. The van der Waals surface area contributed by atoms with Crippen LogP contribution in [0, 0.1) is 11.6 Å². The molecule has 1 aliphatic heterocycles. The van der Waals surface area contributed by atoms with Gasteiger partial charge in [0.25, 0.3) is 5.91 Å². The van der Waals surface area contributed by atoms with Gasteiger partial charge in [0.1, 0.15) is 11.6 Å². The van der Waals surface area contributed by atoms with Crippen molar-refractivity contribution in [3.63, 3.8) is 0 Å². The van der Waals surface area contributed by atoms with Crippen LogP contribution in [0.2, 0.25) is 0 Å². The number of amides is 1. The Hall–Kier alpha value is -2.23. The van der Waals surface area contributed by atoms with Gasteiger partial charge in [-0.25, -0.2) is 8.78 Å². The summed E-state index contributed by atoms with van der Waals surface area (Å²) in [6, 6.07) is 10.4. The second-order valence-electron chi connectivity index (χ2n) is 5.20. The van der Waals surface area contributed by atoms with Crippen molar-refractivity contribution < 1.29 is 13.6 Å². The standard InChI is InChI=1S/C17H15F2NO/c18-14-5-3-4-12(10-14)13-6-7-15(16(19)11-13)17(21)20-8-1-2-9-20/h3-7,10-11H,1-2,8-9H2. The number of likely N-dealkylation sites (tertiary alicyclic amines) is 1. The van der Waals surface area contributed by atoms with E-state index in [1.165, 1.54) is 24.3 Å². The summed E-state index contributed by atoms with van der Waals surface area (Å²) in [6.07, 6.45) is 1.93. The summed E-state index contributed by atoms with van der Waals surface area (Å²) in [4.78, 5) is 13.9. The topological polar surface area (TPSA) is 20.3 Å². The zero-order valence-electron chi connectivity index (χ0n) is 11.5. The molecule has 0 unspecified atom stereocenters. The van der Waals surface area contributed by atoms with Gasteiger partial charge in [0.15, 0.2) is 0 Å². The Balaban J connectivity index is 1.91. The van der Waals surface area contributed by atoms with Crippen molar-refractivity contribution in [2.75, 3.05) is 13.1 Å². The van der Waals surface area contributed by atoms with E-state index in [-0.39, 0.29) is 17.3 Å². The van der Waals surface area contributed by atoms with E-state index in [1.54, 1.807) is 23.1 Å². The van der Waals surface area contributed by atoms with E-state index in [9.17, 15) is 13.6 Å². The third kappa shape index (κ3) is 2.79. The third-order valence-electron chi connectivity index (χ3n) is 3.75. The molecule has 1 saturated heterocycles. The Kier molecular flexibility index (Phi) is 3.69. The highest BCUT2D eigenvalue weighted by Gasteiger charge is 2.22. The maximum atomic E-state index is 14.2. The molecule has 0 saturated carbocycles. The van der Waals surface area contributed by atoms with Crippen molar-refractivity contribution in [1.82, 2.24) is 4.90 Å². The molecule has 4 heteroatoms. The first kappa shape index (κ1) is 13.7. The van der Waals surface area contributed by atoms with Crippen LogP contribution < -0.4 is 0 Å². The second-order valence-corrected chi connectivity index (χ2v) is 5.20. The number of rotatable bonds is 2. The first-order valence-corrected chi connectivity index (χ1v) is 7.00. The van der Waals surface area contributed by atoms with Crippen LogP contribution in [-0.4, -0.2) is 23.9 Å². The van der Waals surface area contributed by atoms with Crippen LogP contribution in [0.25, 0.3) is 11.1 Å². The van der Waals surface area contributed by atoms with Gasteiger partial charge in [-0.2, -0.15) is 0 Å². The molecular weight excluding hydrogens is 272 g/mol. The van der Waals surface area contributed by atoms with Crippen molar-refractivity contribution >= 4 is 5.91 Å². The van der Waals surface area contributed by atoms with Gasteiger partial charge >= 0.3 is 0 Å². The molecule has 1 fully saturated rings. The van der Waals surface area contributed by atoms with Gasteiger partial charge in [-0.1, -0.05) is 18.2 Å². The molecule has 108 valence electrons. The molecule has 0 aliphatic carbocycles. The Labute approximate surface area is 122 Å². The molecule has 1 aliphatic rings. The van der Waals surface area contributed by atoms with Crippen LogP contribution >= 0.6 is 0 Å². The summed E-state index contributed by atoms with van der Waals surface area (Å²) in [5, 5.41) is 0. The summed E-state index contributed by atoms with van der Waals surface area (Å²) in [5.74, 6) is -1.20. The maximum Gasteiger partial charge on any atom is 0.256 e. The number of halogens is 2. The fourth-order valence-electron chi connectivity index (χ4n) is 2.63. The van der Waals surface area contributed by atoms with E-state index in [1.807, 2.05) is 0 Å². The summed E-state index contributed by atoms with van der Waals surface area (Å²) < 4.78 is 27.4. The fraction of sp³-hybridized carbons (Fsp3) is 0.235.